The molecule has 0 bridgehead atoms. The molecular weight excluding hydrogens is 352 g/mol. The van der Waals surface area contributed by atoms with Gasteiger partial charge in [-0.15, -0.1) is 11.3 Å². The molecule has 0 radical (unpaired) electrons. The van der Waals surface area contributed by atoms with Gasteiger partial charge in [0, 0.05) is 17.1 Å². The topological polar surface area (TPSA) is 91.7 Å². The molecule has 1 aliphatic rings. The Kier molecular flexibility index (Phi) is 6.24. The van der Waals surface area contributed by atoms with Crippen LogP contribution in [0.4, 0.5) is 0 Å². The van der Waals surface area contributed by atoms with Crippen LogP contribution >= 0.6 is 11.3 Å². The van der Waals surface area contributed by atoms with Crippen molar-refractivity contribution in [2.24, 2.45) is 0 Å². The van der Waals surface area contributed by atoms with Crippen LogP contribution in [0.5, 0.6) is 5.75 Å². The molecule has 1 aromatic heterocycles. The maximum atomic E-state index is 10.6. The number of thiazole rings is 1. The van der Waals surface area contributed by atoms with E-state index in [9.17, 15) is 9.90 Å². The predicted octanol–water partition coefficient (Wildman–Crippen LogP) is 2.55. The van der Waals surface area contributed by atoms with Gasteiger partial charge >= 0.3 is 5.97 Å². The molecule has 3 N–H and O–H groups in total. The van der Waals surface area contributed by atoms with E-state index in [4.69, 9.17) is 9.84 Å². The van der Waals surface area contributed by atoms with Crippen LogP contribution < -0.4 is 5.32 Å². The summed E-state index contributed by atoms with van der Waals surface area (Å²) in [5.74, 6) is -0.550. The van der Waals surface area contributed by atoms with E-state index in [0.717, 1.165) is 42.1 Å². The van der Waals surface area contributed by atoms with E-state index in [-0.39, 0.29) is 18.4 Å². The molecule has 1 aliphatic heterocycles. The fourth-order valence-electron chi connectivity index (χ4n) is 3.49. The summed E-state index contributed by atoms with van der Waals surface area (Å²) in [5.41, 5.74) is 1.74. The Balaban J connectivity index is 1.78. The Hall–Kier alpha value is -1.96. The fraction of sp³-hybridized carbons (Fsp3) is 0.474. The second kappa shape index (κ2) is 8.62. The van der Waals surface area contributed by atoms with Crippen LogP contribution in [0.15, 0.2) is 29.8 Å². The highest BCUT2D eigenvalue weighted by atomic mass is 32.1. The van der Waals surface area contributed by atoms with Crippen molar-refractivity contribution < 1.29 is 19.7 Å². The number of phenols is 1. The number of nitrogens with one attached hydrogen (secondary N) is 1. The number of hydrogen-bond donors (Lipinski definition) is 3. The number of rotatable bonds is 8. The minimum atomic E-state index is -0.854. The zero-order valence-electron chi connectivity index (χ0n) is 14.6. The molecule has 1 fully saturated rings. The highest BCUT2D eigenvalue weighted by Crippen LogP contribution is 2.44. The molecule has 1 aromatic carbocycles. The number of aliphatic carboxylic acids is 1. The third kappa shape index (κ3) is 4.23. The first-order chi connectivity index (χ1) is 12.6. The number of piperidine rings is 1. The van der Waals surface area contributed by atoms with Gasteiger partial charge in [-0.2, -0.15) is 0 Å². The summed E-state index contributed by atoms with van der Waals surface area (Å²) in [4.78, 5) is 15.1. The molecule has 0 amide bonds. The molecule has 2 heterocycles. The van der Waals surface area contributed by atoms with Crippen molar-refractivity contribution in [1.82, 2.24) is 10.3 Å². The molecule has 26 heavy (non-hydrogen) atoms. The number of carboxylic acid groups (broad SMARTS) is 1. The Labute approximate surface area is 156 Å². The van der Waals surface area contributed by atoms with E-state index in [0.29, 0.717) is 18.8 Å². The average molecular weight is 376 g/mol. The van der Waals surface area contributed by atoms with Gasteiger partial charge in [0.05, 0.1) is 25.0 Å². The quantitative estimate of drug-likeness (QED) is 0.613. The molecule has 140 valence electrons. The second-order valence-corrected chi connectivity index (χ2v) is 7.42. The van der Waals surface area contributed by atoms with E-state index in [1.54, 1.807) is 17.4 Å². The third-order valence-electron chi connectivity index (χ3n) is 4.87. The summed E-state index contributed by atoms with van der Waals surface area (Å²) in [6.45, 7) is 2.46. The van der Waals surface area contributed by atoms with Crippen LogP contribution in [0.2, 0.25) is 0 Å². The second-order valence-electron chi connectivity index (χ2n) is 6.53. The first kappa shape index (κ1) is 18.8. The number of nitrogens with zero attached hydrogens (tertiary/aromatic N) is 1. The lowest BCUT2D eigenvalue weighted by Crippen LogP contribution is -2.40. The lowest BCUT2D eigenvalue weighted by molar-refractivity contribution is -0.138. The van der Waals surface area contributed by atoms with Crippen LogP contribution in [-0.2, 0) is 21.4 Å². The van der Waals surface area contributed by atoms with E-state index in [1.165, 1.54) is 0 Å². The van der Waals surface area contributed by atoms with E-state index >= 15 is 0 Å². The maximum absolute atomic E-state index is 10.6. The number of phenolic OH excluding ortho intramolecular Hbond substituents is 1. The third-order valence-corrected chi connectivity index (χ3v) is 5.85. The number of aromatic nitrogens is 1. The first-order valence-electron chi connectivity index (χ1n) is 8.84. The Morgan fingerprint density at radius 3 is 2.81 bits per heavy atom. The Morgan fingerprint density at radius 1 is 1.31 bits per heavy atom. The summed E-state index contributed by atoms with van der Waals surface area (Å²) in [6.07, 6.45) is 4.31. The number of ether oxygens (including phenoxy) is 1. The van der Waals surface area contributed by atoms with Crippen LogP contribution in [0.1, 0.15) is 35.4 Å². The van der Waals surface area contributed by atoms with Crippen molar-refractivity contribution in [3.63, 3.8) is 0 Å². The van der Waals surface area contributed by atoms with Crippen molar-refractivity contribution in [1.29, 1.82) is 0 Å². The zero-order chi connectivity index (χ0) is 18.4. The first-order valence-corrected chi connectivity index (χ1v) is 9.72. The molecule has 7 heteroatoms. The molecule has 0 saturated carbocycles. The number of aromatic hydroxyl groups is 1. The number of benzene rings is 1. The molecule has 1 saturated heterocycles. The minimum absolute atomic E-state index is 0.0149. The van der Waals surface area contributed by atoms with Crippen molar-refractivity contribution >= 4 is 17.3 Å². The summed E-state index contributed by atoms with van der Waals surface area (Å²) in [7, 11) is 0. The molecule has 0 spiro atoms. The van der Waals surface area contributed by atoms with Gasteiger partial charge in [-0.1, -0.05) is 12.1 Å². The summed E-state index contributed by atoms with van der Waals surface area (Å²) >= 11 is 1.63. The van der Waals surface area contributed by atoms with Crippen molar-refractivity contribution in [2.45, 2.75) is 31.1 Å². The predicted molar refractivity (Wildman–Crippen MR) is 99.9 cm³/mol. The molecule has 0 aliphatic carbocycles. The monoisotopic (exact) mass is 376 g/mol. The van der Waals surface area contributed by atoms with Crippen molar-refractivity contribution in [2.75, 3.05) is 26.3 Å². The summed E-state index contributed by atoms with van der Waals surface area (Å²) in [5, 5.41) is 25.6. The van der Waals surface area contributed by atoms with Crippen LogP contribution in [0, 0.1) is 0 Å². The van der Waals surface area contributed by atoms with E-state index < -0.39 is 5.97 Å². The van der Waals surface area contributed by atoms with Gasteiger partial charge in [0.25, 0.3) is 0 Å². The number of carbonyl (C=O) groups is 1. The van der Waals surface area contributed by atoms with Gasteiger partial charge in [-0.05, 0) is 44.0 Å². The molecular formula is C19H24N2O4S. The van der Waals surface area contributed by atoms with Gasteiger partial charge < -0.3 is 20.3 Å². The minimum Gasteiger partial charge on any atom is -0.508 e. The smallest absolute Gasteiger partial charge is 0.305 e. The highest BCUT2D eigenvalue weighted by molar-refractivity contribution is 7.09. The van der Waals surface area contributed by atoms with Gasteiger partial charge in [0.2, 0.25) is 0 Å². The number of hydrogen-bond acceptors (Lipinski definition) is 6. The largest absolute Gasteiger partial charge is 0.508 e. The average Bonchev–Trinajstić information content (AvgIpc) is 3.18. The molecule has 0 atom stereocenters. The van der Waals surface area contributed by atoms with Gasteiger partial charge in [-0.3, -0.25) is 4.79 Å². The van der Waals surface area contributed by atoms with Crippen LogP contribution in [0.25, 0.3) is 0 Å². The Morgan fingerprint density at radius 2 is 2.12 bits per heavy atom. The summed E-state index contributed by atoms with van der Waals surface area (Å²) in [6, 6.07) is 5.71. The lowest BCUT2D eigenvalue weighted by Gasteiger charge is -2.37. The molecule has 2 aromatic rings. The lowest BCUT2D eigenvalue weighted by atomic mass is 9.72. The van der Waals surface area contributed by atoms with Gasteiger partial charge in [0.15, 0.2) is 0 Å². The Bertz CT molecular complexity index is 727. The van der Waals surface area contributed by atoms with E-state index in [1.807, 2.05) is 17.6 Å². The SMILES string of the molecule is O=C(O)CCOCCc1ccc(O)c(C2(c3nccs3)CCNCC2)c1. The summed E-state index contributed by atoms with van der Waals surface area (Å²) < 4.78 is 5.40. The van der Waals surface area contributed by atoms with Gasteiger partial charge in [0.1, 0.15) is 10.8 Å². The zero-order valence-corrected chi connectivity index (χ0v) is 15.4. The molecule has 3 rings (SSSR count). The van der Waals surface area contributed by atoms with Crippen molar-refractivity contribution in [3.8, 4) is 5.75 Å². The maximum Gasteiger partial charge on any atom is 0.305 e. The fourth-order valence-corrected chi connectivity index (χ4v) is 4.40. The normalized spacial score (nSPS) is 16.5. The van der Waals surface area contributed by atoms with Gasteiger partial charge in [-0.25, -0.2) is 4.98 Å². The van der Waals surface area contributed by atoms with Crippen LogP contribution in [-0.4, -0.2) is 47.5 Å². The van der Waals surface area contributed by atoms with Crippen LogP contribution in [0.3, 0.4) is 0 Å². The molecule has 0 unspecified atom stereocenters. The van der Waals surface area contributed by atoms with E-state index in [2.05, 4.69) is 16.4 Å². The molecule has 6 nitrogen and oxygen atoms in total. The number of carboxylic acids is 1. The highest BCUT2D eigenvalue weighted by Gasteiger charge is 2.40. The standard InChI is InChI=1S/C19H24N2O4S/c22-16-2-1-14(3-10-25-11-4-17(23)24)13-15(16)19(5-7-20-8-6-19)18-21-9-12-26-18/h1-2,9,12-13,20,22H,3-8,10-11H2,(H,23,24). The van der Waals surface area contributed by atoms with Crippen molar-refractivity contribution in [3.05, 3.63) is 45.9 Å².